The van der Waals surface area contributed by atoms with Gasteiger partial charge in [-0.1, -0.05) is 13.0 Å². The van der Waals surface area contributed by atoms with E-state index >= 15 is 0 Å². The number of hydrogen-bond donors (Lipinski definition) is 0. The van der Waals surface area contributed by atoms with Crippen LogP contribution in [-0.4, -0.2) is 4.98 Å². The van der Waals surface area contributed by atoms with Crippen molar-refractivity contribution in [2.24, 2.45) is 0 Å². The predicted octanol–water partition coefficient (Wildman–Crippen LogP) is 4.54. The number of pyridine rings is 1. The molecular formula is C13H14ClNS. The molecule has 0 bridgehead atoms. The van der Waals surface area contributed by atoms with E-state index in [-0.39, 0.29) is 11.3 Å². The molecule has 2 atom stereocenters. The van der Waals surface area contributed by atoms with Gasteiger partial charge in [-0.05, 0) is 31.2 Å². The van der Waals surface area contributed by atoms with Gasteiger partial charge in [0.2, 0.25) is 0 Å². The third-order valence-electron chi connectivity index (χ3n) is 2.63. The van der Waals surface area contributed by atoms with Gasteiger partial charge in [-0.3, -0.25) is 4.98 Å². The van der Waals surface area contributed by atoms with E-state index in [0.717, 1.165) is 5.69 Å². The summed E-state index contributed by atoms with van der Waals surface area (Å²) < 4.78 is 0. The lowest BCUT2D eigenvalue weighted by Gasteiger charge is -2.15. The van der Waals surface area contributed by atoms with Crippen molar-refractivity contribution in [1.29, 1.82) is 0 Å². The molecule has 0 saturated carbocycles. The van der Waals surface area contributed by atoms with E-state index in [1.165, 1.54) is 9.75 Å². The summed E-state index contributed by atoms with van der Waals surface area (Å²) in [6.07, 6.45) is 1.81. The lowest BCUT2D eigenvalue weighted by atomic mass is 10.0. The highest BCUT2D eigenvalue weighted by Crippen LogP contribution is 2.38. The lowest BCUT2D eigenvalue weighted by Crippen LogP contribution is -2.02. The van der Waals surface area contributed by atoms with Crippen LogP contribution in [0.4, 0.5) is 0 Å². The molecule has 1 nitrogen and oxygen atoms in total. The summed E-state index contributed by atoms with van der Waals surface area (Å²) in [5, 5.41) is 0.00796. The van der Waals surface area contributed by atoms with Crippen molar-refractivity contribution in [3.8, 4) is 0 Å². The molecule has 0 aliphatic carbocycles. The van der Waals surface area contributed by atoms with Crippen LogP contribution in [0.25, 0.3) is 0 Å². The van der Waals surface area contributed by atoms with E-state index in [4.69, 9.17) is 11.6 Å². The molecular weight excluding hydrogens is 238 g/mol. The lowest BCUT2D eigenvalue weighted by molar-refractivity contribution is 0.715. The molecule has 2 aromatic rings. The Hall–Kier alpha value is -0.860. The van der Waals surface area contributed by atoms with Crippen LogP contribution in [0.15, 0.2) is 36.5 Å². The second kappa shape index (κ2) is 4.98. The minimum Gasteiger partial charge on any atom is -0.261 e. The molecule has 0 saturated heterocycles. The highest BCUT2D eigenvalue weighted by molar-refractivity contribution is 7.12. The van der Waals surface area contributed by atoms with Crippen molar-refractivity contribution in [3.05, 3.63) is 52.0 Å². The van der Waals surface area contributed by atoms with Gasteiger partial charge in [0.25, 0.3) is 0 Å². The molecule has 0 aliphatic rings. The molecule has 0 amide bonds. The highest BCUT2D eigenvalue weighted by atomic mass is 35.5. The first-order valence-corrected chi connectivity index (χ1v) is 6.55. The third kappa shape index (κ3) is 2.45. The number of thiophene rings is 1. The molecule has 3 heteroatoms. The molecule has 0 aliphatic heterocycles. The van der Waals surface area contributed by atoms with Gasteiger partial charge in [0.1, 0.15) is 0 Å². The molecule has 2 aromatic heterocycles. The Morgan fingerprint density at radius 3 is 2.62 bits per heavy atom. The van der Waals surface area contributed by atoms with Gasteiger partial charge in [-0.15, -0.1) is 22.9 Å². The average molecular weight is 252 g/mol. The number of nitrogens with zero attached hydrogens (tertiary/aromatic N) is 1. The van der Waals surface area contributed by atoms with Gasteiger partial charge in [-0.2, -0.15) is 0 Å². The van der Waals surface area contributed by atoms with Crippen LogP contribution in [0.5, 0.6) is 0 Å². The van der Waals surface area contributed by atoms with E-state index < -0.39 is 0 Å². The van der Waals surface area contributed by atoms with Crippen LogP contribution in [0.2, 0.25) is 0 Å². The average Bonchev–Trinajstić information content (AvgIpc) is 2.75. The quantitative estimate of drug-likeness (QED) is 0.730. The van der Waals surface area contributed by atoms with Crippen molar-refractivity contribution in [1.82, 2.24) is 4.98 Å². The van der Waals surface area contributed by atoms with Crippen molar-refractivity contribution in [3.63, 3.8) is 0 Å². The molecule has 0 N–H and O–H groups in total. The van der Waals surface area contributed by atoms with Gasteiger partial charge < -0.3 is 0 Å². The molecule has 0 aromatic carbocycles. The maximum Gasteiger partial charge on any atom is 0.0759 e. The normalized spacial score (nSPS) is 14.7. The van der Waals surface area contributed by atoms with Gasteiger partial charge in [0, 0.05) is 27.6 Å². The van der Waals surface area contributed by atoms with Gasteiger partial charge in [-0.25, -0.2) is 0 Å². The Bertz CT molecular complexity index is 452. The van der Waals surface area contributed by atoms with Crippen LogP contribution >= 0.6 is 22.9 Å². The van der Waals surface area contributed by atoms with Crippen LogP contribution in [0, 0.1) is 6.92 Å². The number of halogens is 1. The van der Waals surface area contributed by atoms with E-state index in [1.807, 2.05) is 24.4 Å². The summed E-state index contributed by atoms with van der Waals surface area (Å²) in [6, 6.07) is 10.2. The summed E-state index contributed by atoms with van der Waals surface area (Å²) in [6.45, 7) is 4.22. The van der Waals surface area contributed by atoms with Gasteiger partial charge in [0.15, 0.2) is 0 Å². The van der Waals surface area contributed by atoms with Crippen LogP contribution in [-0.2, 0) is 0 Å². The first-order chi connectivity index (χ1) is 7.68. The third-order valence-corrected chi connectivity index (χ3v) is 4.45. The second-order valence-electron chi connectivity index (χ2n) is 3.89. The molecule has 2 rings (SSSR count). The fraction of sp³-hybridized carbons (Fsp3) is 0.308. The molecule has 2 heterocycles. The van der Waals surface area contributed by atoms with Crippen LogP contribution in [0.1, 0.15) is 33.7 Å². The second-order valence-corrected chi connectivity index (χ2v) is 5.68. The molecule has 2 unspecified atom stereocenters. The standard InChI is InChI=1S/C13H14ClNS/c1-9-6-7-12(16-9)13(14)10(2)11-5-3-4-8-15-11/h3-8,10,13H,1-2H3. The summed E-state index contributed by atoms with van der Waals surface area (Å²) >= 11 is 8.23. The Kier molecular flexibility index (Phi) is 3.62. The summed E-state index contributed by atoms with van der Waals surface area (Å²) in [7, 11) is 0. The first kappa shape index (κ1) is 11.6. The van der Waals surface area contributed by atoms with Crippen molar-refractivity contribution >= 4 is 22.9 Å². The van der Waals surface area contributed by atoms with E-state index in [1.54, 1.807) is 11.3 Å². The van der Waals surface area contributed by atoms with E-state index in [2.05, 4.69) is 31.0 Å². The topological polar surface area (TPSA) is 12.9 Å². The zero-order valence-corrected chi connectivity index (χ0v) is 10.9. The van der Waals surface area contributed by atoms with Crippen LogP contribution in [0.3, 0.4) is 0 Å². The van der Waals surface area contributed by atoms with E-state index in [9.17, 15) is 0 Å². The van der Waals surface area contributed by atoms with Crippen molar-refractivity contribution in [2.75, 3.05) is 0 Å². The Balaban J connectivity index is 2.19. The number of hydrogen-bond acceptors (Lipinski definition) is 2. The van der Waals surface area contributed by atoms with Crippen molar-refractivity contribution in [2.45, 2.75) is 25.1 Å². The SMILES string of the molecule is Cc1ccc(C(Cl)C(C)c2ccccn2)s1. The zero-order chi connectivity index (χ0) is 11.5. The minimum atomic E-state index is 0.00796. The summed E-state index contributed by atoms with van der Waals surface area (Å²) in [4.78, 5) is 6.87. The maximum absolute atomic E-state index is 6.47. The smallest absolute Gasteiger partial charge is 0.0759 e. The molecule has 0 radical (unpaired) electrons. The number of alkyl halides is 1. The zero-order valence-electron chi connectivity index (χ0n) is 9.35. The monoisotopic (exact) mass is 251 g/mol. The first-order valence-electron chi connectivity index (χ1n) is 5.30. The Labute approximate surface area is 105 Å². The van der Waals surface area contributed by atoms with Gasteiger partial charge in [0.05, 0.1) is 5.38 Å². The van der Waals surface area contributed by atoms with Crippen LogP contribution < -0.4 is 0 Å². The highest BCUT2D eigenvalue weighted by Gasteiger charge is 2.20. The van der Waals surface area contributed by atoms with E-state index in [0.29, 0.717) is 0 Å². The largest absolute Gasteiger partial charge is 0.261 e. The summed E-state index contributed by atoms with van der Waals surface area (Å²) in [5.41, 5.74) is 1.05. The molecule has 0 fully saturated rings. The molecule has 84 valence electrons. The fourth-order valence-electron chi connectivity index (χ4n) is 1.64. The summed E-state index contributed by atoms with van der Waals surface area (Å²) in [5.74, 6) is 0.237. The molecule has 16 heavy (non-hydrogen) atoms. The predicted molar refractivity (Wildman–Crippen MR) is 70.3 cm³/mol. The minimum absolute atomic E-state index is 0.00796. The molecule has 0 spiro atoms. The maximum atomic E-state index is 6.47. The number of aromatic nitrogens is 1. The van der Waals surface area contributed by atoms with Crippen molar-refractivity contribution < 1.29 is 0 Å². The number of aryl methyl sites for hydroxylation is 1. The number of rotatable bonds is 3. The van der Waals surface area contributed by atoms with Gasteiger partial charge >= 0.3 is 0 Å². The Morgan fingerprint density at radius 2 is 2.06 bits per heavy atom. The fourth-order valence-corrected chi connectivity index (χ4v) is 2.94. The Morgan fingerprint density at radius 1 is 1.25 bits per heavy atom.